The molecule has 6 heteroatoms. The fraction of sp³-hybridized carbons (Fsp3) is 0.100. The Morgan fingerprint density at radius 3 is 2.31 bits per heavy atom. The molecule has 3 aromatic rings. The molecule has 128 valence electrons. The number of hydrogen-bond donors (Lipinski definition) is 0. The number of aliphatic imine (C=N–C) groups is 1. The van der Waals surface area contributed by atoms with Crippen molar-refractivity contribution in [1.82, 2.24) is 9.78 Å². The quantitative estimate of drug-likeness (QED) is 0.683. The Hall–Kier alpha value is -3.54. The topological polar surface area (TPSA) is 68.8 Å². The van der Waals surface area contributed by atoms with E-state index >= 15 is 0 Å². The highest BCUT2D eigenvalue weighted by molar-refractivity contribution is 6.70. The van der Waals surface area contributed by atoms with Gasteiger partial charge in [0.05, 0.1) is 17.1 Å². The van der Waals surface area contributed by atoms with Gasteiger partial charge in [0.15, 0.2) is 5.71 Å². The number of nitrogens with zero attached hydrogens (tertiary/aromatic N) is 4. The van der Waals surface area contributed by atoms with Crippen LogP contribution < -0.4 is 0 Å². The van der Waals surface area contributed by atoms with Gasteiger partial charge in [-0.05, 0) is 26.0 Å². The number of rotatable bonds is 3. The number of carbonyl (C=O) groups excluding carboxylic acids is 1. The second-order valence-electron chi connectivity index (χ2n) is 5.91. The van der Waals surface area contributed by atoms with Gasteiger partial charge in [0.2, 0.25) is 0 Å². The molecule has 0 fully saturated rings. The highest BCUT2D eigenvalue weighted by Crippen LogP contribution is 2.27. The molecule has 4 rings (SSSR count). The van der Waals surface area contributed by atoms with Crippen molar-refractivity contribution in [2.45, 2.75) is 13.8 Å². The summed E-state index contributed by atoms with van der Waals surface area (Å²) in [6.45, 7) is 3.79. The van der Waals surface area contributed by atoms with Crippen LogP contribution in [0.4, 0.5) is 5.69 Å². The van der Waals surface area contributed by atoms with Crippen LogP contribution in [-0.2, 0) is 9.63 Å². The minimum absolute atomic E-state index is 0.190. The molecule has 0 radical (unpaired) electrons. The molecule has 2 aromatic carbocycles. The van der Waals surface area contributed by atoms with E-state index in [1.165, 1.54) is 0 Å². The van der Waals surface area contributed by atoms with Crippen molar-refractivity contribution in [3.05, 3.63) is 77.6 Å². The Morgan fingerprint density at radius 1 is 0.962 bits per heavy atom. The molecule has 0 saturated heterocycles. The lowest BCUT2D eigenvalue weighted by Crippen LogP contribution is -2.18. The number of para-hydroxylation sites is 1. The fourth-order valence-corrected chi connectivity index (χ4v) is 2.88. The van der Waals surface area contributed by atoms with Crippen LogP contribution in [0.1, 0.15) is 17.0 Å². The number of benzene rings is 2. The average Bonchev–Trinajstić information content (AvgIpc) is 3.18. The third-order valence-electron chi connectivity index (χ3n) is 4.16. The lowest BCUT2D eigenvalue weighted by atomic mass is 10.1. The zero-order valence-electron chi connectivity index (χ0n) is 14.4. The summed E-state index contributed by atoms with van der Waals surface area (Å²) in [5.74, 6) is -0.560. The monoisotopic (exact) mass is 344 g/mol. The predicted octanol–water partition coefficient (Wildman–Crippen LogP) is 3.52. The van der Waals surface area contributed by atoms with Gasteiger partial charge in [-0.3, -0.25) is 0 Å². The van der Waals surface area contributed by atoms with E-state index < -0.39 is 5.97 Å². The first-order chi connectivity index (χ1) is 12.6. The van der Waals surface area contributed by atoms with Crippen LogP contribution in [0.25, 0.3) is 5.69 Å². The molecule has 1 aliphatic rings. The standard InChI is InChI=1S/C20H16N4O2/c1-13-17(14(2)24(22-13)16-11-7-4-8-12-16)21-19-18(23-26-20(19)25)15-9-5-3-6-10-15/h3-12H,1-2H3. The second kappa shape index (κ2) is 6.40. The number of carbonyl (C=O) groups is 1. The van der Waals surface area contributed by atoms with Crippen LogP contribution in [0.2, 0.25) is 0 Å². The number of hydrogen-bond acceptors (Lipinski definition) is 5. The van der Waals surface area contributed by atoms with E-state index in [1.807, 2.05) is 79.2 Å². The van der Waals surface area contributed by atoms with Gasteiger partial charge in [0.25, 0.3) is 0 Å². The van der Waals surface area contributed by atoms with Crippen molar-refractivity contribution in [1.29, 1.82) is 0 Å². The maximum Gasteiger partial charge on any atom is 0.386 e. The Bertz CT molecular complexity index is 1030. The molecule has 6 nitrogen and oxygen atoms in total. The third kappa shape index (κ3) is 2.71. The summed E-state index contributed by atoms with van der Waals surface area (Å²) in [6.07, 6.45) is 0. The van der Waals surface area contributed by atoms with E-state index in [0.29, 0.717) is 11.4 Å². The average molecular weight is 344 g/mol. The predicted molar refractivity (Wildman–Crippen MR) is 99.2 cm³/mol. The minimum atomic E-state index is -0.560. The maximum atomic E-state index is 12.2. The van der Waals surface area contributed by atoms with E-state index in [0.717, 1.165) is 22.6 Å². The molecule has 0 aliphatic carbocycles. The molecule has 0 unspecified atom stereocenters. The highest BCUT2D eigenvalue weighted by atomic mass is 16.7. The zero-order valence-corrected chi connectivity index (χ0v) is 14.4. The Balaban J connectivity index is 1.80. The molecule has 0 spiro atoms. The molecule has 0 amide bonds. The Kier molecular flexibility index (Phi) is 3.93. The normalized spacial score (nSPS) is 15.2. The maximum absolute atomic E-state index is 12.2. The van der Waals surface area contributed by atoms with Crippen molar-refractivity contribution in [2.75, 3.05) is 0 Å². The lowest BCUT2D eigenvalue weighted by Gasteiger charge is -2.04. The first kappa shape index (κ1) is 16.0. The highest BCUT2D eigenvalue weighted by Gasteiger charge is 2.30. The van der Waals surface area contributed by atoms with Crippen LogP contribution in [0.3, 0.4) is 0 Å². The summed E-state index contributed by atoms with van der Waals surface area (Å²) in [4.78, 5) is 21.6. The van der Waals surface area contributed by atoms with Gasteiger partial charge in [-0.15, -0.1) is 0 Å². The van der Waals surface area contributed by atoms with Crippen molar-refractivity contribution in [3.63, 3.8) is 0 Å². The van der Waals surface area contributed by atoms with Crippen LogP contribution in [0.5, 0.6) is 0 Å². The fourth-order valence-electron chi connectivity index (χ4n) is 2.88. The number of aryl methyl sites for hydroxylation is 1. The Labute approximate surface area is 150 Å². The van der Waals surface area contributed by atoms with Crippen LogP contribution in [0, 0.1) is 13.8 Å². The molecule has 1 aliphatic heterocycles. The molecule has 0 N–H and O–H groups in total. The van der Waals surface area contributed by atoms with Gasteiger partial charge in [-0.1, -0.05) is 53.7 Å². The summed E-state index contributed by atoms with van der Waals surface area (Å²) >= 11 is 0. The van der Waals surface area contributed by atoms with Gasteiger partial charge >= 0.3 is 5.97 Å². The second-order valence-corrected chi connectivity index (χ2v) is 5.91. The number of aromatic nitrogens is 2. The summed E-state index contributed by atoms with van der Waals surface area (Å²) in [5.41, 5.74) is 4.55. The van der Waals surface area contributed by atoms with E-state index in [1.54, 1.807) is 0 Å². The van der Waals surface area contributed by atoms with E-state index in [9.17, 15) is 4.79 Å². The molecule has 1 aromatic heterocycles. The van der Waals surface area contributed by atoms with Gasteiger partial charge in [0, 0.05) is 5.56 Å². The molecule has 2 heterocycles. The van der Waals surface area contributed by atoms with E-state index in [4.69, 9.17) is 4.84 Å². The third-order valence-corrected chi connectivity index (χ3v) is 4.16. The molecule has 26 heavy (non-hydrogen) atoms. The van der Waals surface area contributed by atoms with Crippen molar-refractivity contribution in [2.24, 2.45) is 10.1 Å². The SMILES string of the molecule is Cc1nn(-c2ccccc2)c(C)c1N=C1C(=O)ON=C1c1ccccc1. The Morgan fingerprint density at radius 2 is 1.62 bits per heavy atom. The first-order valence-corrected chi connectivity index (χ1v) is 8.20. The summed E-state index contributed by atoms with van der Waals surface area (Å²) < 4.78 is 1.81. The van der Waals surface area contributed by atoms with Gasteiger partial charge in [-0.25, -0.2) is 14.5 Å². The van der Waals surface area contributed by atoms with Gasteiger partial charge in [-0.2, -0.15) is 5.10 Å². The van der Waals surface area contributed by atoms with E-state index in [2.05, 4.69) is 15.2 Å². The number of oxime groups is 1. The minimum Gasteiger partial charge on any atom is -0.310 e. The first-order valence-electron chi connectivity index (χ1n) is 8.20. The molecule has 0 atom stereocenters. The van der Waals surface area contributed by atoms with Crippen LogP contribution in [-0.4, -0.2) is 27.2 Å². The van der Waals surface area contributed by atoms with Gasteiger partial charge in [0.1, 0.15) is 11.4 Å². The summed E-state index contributed by atoms with van der Waals surface area (Å²) in [7, 11) is 0. The van der Waals surface area contributed by atoms with Crippen molar-refractivity contribution in [3.8, 4) is 5.69 Å². The molecular weight excluding hydrogens is 328 g/mol. The van der Waals surface area contributed by atoms with Crippen molar-refractivity contribution < 1.29 is 9.63 Å². The van der Waals surface area contributed by atoms with Gasteiger partial charge < -0.3 is 4.84 Å². The lowest BCUT2D eigenvalue weighted by molar-refractivity contribution is -0.134. The van der Waals surface area contributed by atoms with Crippen LogP contribution in [0.15, 0.2) is 70.8 Å². The molecule has 0 bridgehead atoms. The molecule has 0 saturated carbocycles. The van der Waals surface area contributed by atoms with Crippen LogP contribution >= 0.6 is 0 Å². The largest absolute Gasteiger partial charge is 0.386 e. The summed E-state index contributed by atoms with van der Waals surface area (Å²) in [5, 5.41) is 8.46. The van der Waals surface area contributed by atoms with Crippen molar-refractivity contribution >= 4 is 23.1 Å². The smallest absolute Gasteiger partial charge is 0.310 e. The zero-order chi connectivity index (χ0) is 18.1. The molecular formula is C20H16N4O2. The van der Waals surface area contributed by atoms with E-state index in [-0.39, 0.29) is 5.71 Å². The summed E-state index contributed by atoms with van der Waals surface area (Å²) in [6, 6.07) is 19.2.